The highest BCUT2D eigenvalue weighted by atomic mass is 32.2. The average Bonchev–Trinajstić information content (AvgIpc) is 2.67. The molecule has 1 N–H and O–H groups in total. The van der Waals surface area contributed by atoms with Crippen LogP contribution in [-0.4, -0.2) is 95.1 Å². The van der Waals surface area contributed by atoms with Crippen molar-refractivity contribution in [2.75, 3.05) is 75.8 Å². The zero-order valence-corrected chi connectivity index (χ0v) is 16.3. The first-order valence-electron chi connectivity index (χ1n) is 9.26. The third-order valence-corrected chi connectivity index (χ3v) is 6.67. The van der Waals surface area contributed by atoms with Gasteiger partial charge in [0.2, 0.25) is 0 Å². The third-order valence-electron chi connectivity index (χ3n) is 5.06. The van der Waals surface area contributed by atoms with Crippen molar-refractivity contribution in [3.8, 4) is 0 Å². The van der Waals surface area contributed by atoms with Gasteiger partial charge in [0.25, 0.3) is 0 Å². The van der Waals surface area contributed by atoms with Crippen molar-refractivity contribution in [3.05, 3.63) is 30.3 Å². The minimum atomic E-state index is -2.81. The SMILES string of the molecule is CN=C(NCCN1CCS(=O)(=O)CC1)N1CCN(c2ccccc2)CC1. The fourth-order valence-corrected chi connectivity index (χ4v) is 4.72. The van der Waals surface area contributed by atoms with Gasteiger partial charge in [-0.15, -0.1) is 0 Å². The minimum absolute atomic E-state index is 0.281. The van der Waals surface area contributed by atoms with Crippen LogP contribution in [0, 0.1) is 0 Å². The van der Waals surface area contributed by atoms with Gasteiger partial charge in [-0.05, 0) is 12.1 Å². The van der Waals surface area contributed by atoms with Crippen LogP contribution in [0.25, 0.3) is 0 Å². The van der Waals surface area contributed by atoms with Gasteiger partial charge in [-0.25, -0.2) is 8.42 Å². The lowest BCUT2D eigenvalue weighted by Crippen LogP contribution is -2.53. The predicted octanol–water partition coefficient (Wildman–Crippen LogP) is 0.114. The average molecular weight is 380 g/mol. The first-order valence-corrected chi connectivity index (χ1v) is 11.1. The molecule has 0 spiro atoms. The van der Waals surface area contributed by atoms with E-state index in [0.29, 0.717) is 13.1 Å². The predicted molar refractivity (Wildman–Crippen MR) is 107 cm³/mol. The number of rotatable bonds is 4. The summed E-state index contributed by atoms with van der Waals surface area (Å²) in [5, 5.41) is 3.43. The van der Waals surface area contributed by atoms with Crippen LogP contribution in [0.3, 0.4) is 0 Å². The Morgan fingerprint density at radius 2 is 1.69 bits per heavy atom. The van der Waals surface area contributed by atoms with E-state index < -0.39 is 9.84 Å². The zero-order chi connectivity index (χ0) is 18.4. The Hall–Kier alpha value is -1.80. The number of anilines is 1. The molecule has 0 unspecified atom stereocenters. The molecule has 0 amide bonds. The van der Waals surface area contributed by atoms with E-state index in [4.69, 9.17) is 0 Å². The fraction of sp³-hybridized carbons (Fsp3) is 0.611. The van der Waals surface area contributed by atoms with Gasteiger partial charge in [-0.3, -0.25) is 9.89 Å². The Balaban J connectivity index is 1.41. The van der Waals surface area contributed by atoms with Gasteiger partial charge in [0.15, 0.2) is 15.8 Å². The molecule has 0 atom stereocenters. The summed E-state index contributed by atoms with van der Waals surface area (Å²) in [7, 11) is -0.987. The summed E-state index contributed by atoms with van der Waals surface area (Å²) in [5.41, 5.74) is 1.27. The molecular formula is C18H29N5O2S. The van der Waals surface area contributed by atoms with Crippen LogP contribution in [-0.2, 0) is 9.84 Å². The first kappa shape index (κ1) is 19.0. The second kappa shape index (κ2) is 8.73. The Morgan fingerprint density at radius 1 is 1.04 bits per heavy atom. The topological polar surface area (TPSA) is 68.2 Å². The van der Waals surface area contributed by atoms with E-state index in [1.807, 2.05) is 13.1 Å². The van der Waals surface area contributed by atoms with Crippen molar-refractivity contribution in [1.82, 2.24) is 15.1 Å². The van der Waals surface area contributed by atoms with Crippen LogP contribution in [0.1, 0.15) is 0 Å². The highest BCUT2D eigenvalue weighted by molar-refractivity contribution is 7.91. The number of para-hydroxylation sites is 1. The lowest BCUT2D eigenvalue weighted by atomic mass is 10.2. The number of hydrogen-bond acceptors (Lipinski definition) is 5. The smallest absolute Gasteiger partial charge is 0.193 e. The van der Waals surface area contributed by atoms with Crippen molar-refractivity contribution in [2.24, 2.45) is 4.99 Å². The molecule has 2 aliphatic heterocycles. The summed E-state index contributed by atoms with van der Waals surface area (Å²) < 4.78 is 23.0. The maximum atomic E-state index is 11.5. The van der Waals surface area contributed by atoms with E-state index in [1.54, 1.807) is 0 Å². The Labute approximate surface area is 156 Å². The molecule has 1 aromatic rings. The molecule has 8 heteroatoms. The highest BCUT2D eigenvalue weighted by Crippen LogP contribution is 2.15. The number of guanidine groups is 1. The van der Waals surface area contributed by atoms with Gasteiger partial charge >= 0.3 is 0 Å². The number of aliphatic imine (C=N–C) groups is 1. The van der Waals surface area contributed by atoms with E-state index in [-0.39, 0.29) is 11.5 Å². The molecule has 144 valence electrons. The normalized spacial score (nSPS) is 21.7. The van der Waals surface area contributed by atoms with Gasteiger partial charge < -0.3 is 15.1 Å². The van der Waals surface area contributed by atoms with Gasteiger partial charge in [0.05, 0.1) is 11.5 Å². The number of hydrogen-bond donors (Lipinski definition) is 1. The van der Waals surface area contributed by atoms with E-state index in [2.05, 4.69) is 49.3 Å². The third kappa shape index (κ3) is 5.11. The Kier molecular flexibility index (Phi) is 6.37. The molecule has 0 bridgehead atoms. The molecule has 2 fully saturated rings. The quantitative estimate of drug-likeness (QED) is 0.592. The molecule has 0 aliphatic carbocycles. The van der Waals surface area contributed by atoms with Gasteiger partial charge in [-0.2, -0.15) is 0 Å². The second-order valence-electron chi connectivity index (χ2n) is 6.78. The summed E-state index contributed by atoms with van der Waals surface area (Å²) in [5.74, 6) is 1.49. The van der Waals surface area contributed by atoms with E-state index in [0.717, 1.165) is 45.2 Å². The minimum Gasteiger partial charge on any atom is -0.368 e. The maximum Gasteiger partial charge on any atom is 0.193 e. The monoisotopic (exact) mass is 379 g/mol. The van der Waals surface area contributed by atoms with Crippen LogP contribution in [0.15, 0.2) is 35.3 Å². The molecule has 0 radical (unpaired) electrons. The van der Waals surface area contributed by atoms with Crippen molar-refractivity contribution in [3.63, 3.8) is 0 Å². The summed E-state index contributed by atoms with van der Waals surface area (Å²) in [6.07, 6.45) is 0. The molecule has 2 heterocycles. The van der Waals surface area contributed by atoms with Crippen LogP contribution in [0.4, 0.5) is 5.69 Å². The molecule has 7 nitrogen and oxygen atoms in total. The van der Waals surface area contributed by atoms with Gasteiger partial charge in [0, 0.05) is 65.1 Å². The number of nitrogens with one attached hydrogen (secondary N) is 1. The van der Waals surface area contributed by atoms with Crippen LogP contribution in [0.5, 0.6) is 0 Å². The van der Waals surface area contributed by atoms with Gasteiger partial charge in [-0.1, -0.05) is 18.2 Å². The molecule has 2 aliphatic rings. The first-order chi connectivity index (χ1) is 12.6. The summed E-state index contributed by atoms with van der Waals surface area (Å²) >= 11 is 0. The molecular weight excluding hydrogens is 350 g/mol. The van der Waals surface area contributed by atoms with E-state index >= 15 is 0 Å². The van der Waals surface area contributed by atoms with E-state index in [1.165, 1.54) is 5.69 Å². The number of benzene rings is 1. The molecule has 1 aromatic carbocycles. The summed E-state index contributed by atoms with van der Waals surface area (Å²) in [6, 6.07) is 10.5. The van der Waals surface area contributed by atoms with E-state index in [9.17, 15) is 8.42 Å². The molecule has 3 rings (SSSR count). The number of piperazine rings is 1. The Bertz CT molecular complexity index is 686. The molecule has 2 saturated heterocycles. The lowest BCUT2D eigenvalue weighted by molar-refractivity contribution is 0.296. The number of sulfone groups is 1. The van der Waals surface area contributed by atoms with Gasteiger partial charge in [0.1, 0.15) is 0 Å². The molecule has 0 aromatic heterocycles. The molecule has 0 saturated carbocycles. The summed E-state index contributed by atoms with van der Waals surface area (Å²) in [6.45, 7) is 6.75. The largest absolute Gasteiger partial charge is 0.368 e. The second-order valence-corrected chi connectivity index (χ2v) is 9.08. The van der Waals surface area contributed by atoms with Crippen molar-refractivity contribution < 1.29 is 8.42 Å². The van der Waals surface area contributed by atoms with Crippen LogP contribution < -0.4 is 10.2 Å². The number of nitrogens with zero attached hydrogens (tertiary/aromatic N) is 4. The highest BCUT2D eigenvalue weighted by Gasteiger charge is 2.22. The fourth-order valence-electron chi connectivity index (χ4n) is 3.45. The van der Waals surface area contributed by atoms with Crippen molar-refractivity contribution in [1.29, 1.82) is 0 Å². The van der Waals surface area contributed by atoms with Crippen molar-refractivity contribution in [2.45, 2.75) is 0 Å². The Morgan fingerprint density at radius 3 is 2.31 bits per heavy atom. The van der Waals surface area contributed by atoms with Crippen molar-refractivity contribution >= 4 is 21.5 Å². The zero-order valence-electron chi connectivity index (χ0n) is 15.5. The lowest BCUT2D eigenvalue weighted by Gasteiger charge is -2.38. The summed E-state index contributed by atoms with van der Waals surface area (Å²) in [4.78, 5) is 11.3. The molecule has 26 heavy (non-hydrogen) atoms. The maximum absolute atomic E-state index is 11.5. The van der Waals surface area contributed by atoms with Crippen LogP contribution >= 0.6 is 0 Å². The van der Waals surface area contributed by atoms with Crippen LogP contribution in [0.2, 0.25) is 0 Å². The standard InChI is InChI=1S/C18H29N5O2S/c1-19-18(20-7-8-21-13-15-26(24,25)16-14-21)23-11-9-22(10-12-23)17-5-3-2-4-6-17/h2-6H,7-16H2,1H3,(H,19,20).